The number of hydrogen-bond acceptors (Lipinski definition) is 4. The molecular weight excluding hydrogens is 278 g/mol. The monoisotopic (exact) mass is 289 g/mol. The lowest BCUT2D eigenvalue weighted by Gasteiger charge is -2.05. The first kappa shape index (κ1) is 12.4. The van der Waals surface area contributed by atoms with Crippen LogP contribution in [0.4, 0.5) is 5.82 Å². The van der Waals surface area contributed by atoms with Crippen LogP contribution >= 0.6 is 22.9 Å². The highest BCUT2D eigenvalue weighted by Crippen LogP contribution is 2.21. The Bertz CT molecular complexity index is 696. The smallest absolute Gasteiger partial charge is 0.134 e. The Hall–Kier alpha value is -1.65. The van der Waals surface area contributed by atoms with Gasteiger partial charge in [0, 0.05) is 17.3 Å². The van der Waals surface area contributed by atoms with Crippen LogP contribution in [0.5, 0.6) is 0 Å². The van der Waals surface area contributed by atoms with Crippen LogP contribution in [0.3, 0.4) is 0 Å². The molecule has 0 saturated carbocycles. The minimum absolute atomic E-state index is 0.456. The molecular formula is C14H12ClN3S. The summed E-state index contributed by atoms with van der Waals surface area (Å²) in [4.78, 5) is 7.96. The van der Waals surface area contributed by atoms with Gasteiger partial charge >= 0.3 is 0 Å². The lowest BCUT2D eigenvalue weighted by atomic mass is 10.1. The van der Waals surface area contributed by atoms with Crippen molar-refractivity contribution < 1.29 is 0 Å². The van der Waals surface area contributed by atoms with Gasteiger partial charge in [0.25, 0.3) is 0 Å². The third-order valence-electron chi connectivity index (χ3n) is 2.87. The summed E-state index contributed by atoms with van der Waals surface area (Å²) in [5.41, 5.74) is 1.32. The minimum Gasteiger partial charge on any atom is -0.370 e. The maximum absolute atomic E-state index is 5.80. The first-order valence-electron chi connectivity index (χ1n) is 5.99. The molecule has 0 aliphatic rings. The Morgan fingerprint density at radius 1 is 1.16 bits per heavy atom. The van der Waals surface area contributed by atoms with E-state index in [1.807, 2.05) is 0 Å². The zero-order valence-corrected chi connectivity index (χ0v) is 11.7. The summed E-state index contributed by atoms with van der Waals surface area (Å²) in [6, 6.07) is 10.5. The average molecular weight is 290 g/mol. The lowest BCUT2D eigenvalue weighted by molar-refractivity contribution is 1.00. The third-order valence-corrected chi connectivity index (χ3v) is 3.97. The molecule has 3 nitrogen and oxygen atoms in total. The van der Waals surface area contributed by atoms with Gasteiger partial charge in [0.15, 0.2) is 0 Å². The second-order valence-corrected chi connectivity index (χ2v) is 5.53. The van der Waals surface area contributed by atoms with Crippen LogP contribution < -0.4 is 5.32 Å². The average Bonchev–Trinajstić information content (AvgIpc) is 2.86. The number of nitrogens with one attached hydrogen (secondary N) is 1. The molecule has 96 valence electrons. The summed E-state index contributed by atoms with van der Waals surface area (Å²) < 4.78 is 1.33. The zero-order chi connectivity index (χ0) is 13.1. The Labute approximate surface area is 120 Å². The maximum Gasteiger partial charge on any atom is 0.134 e. The van der Waals surface area contributed by atoms with Crippen LogP contribution in [0.25, 0.3) is 10.1 Å². The summed E-state index contributed by atoms with van der Waals surface area (Å²) in [7, 11) is 0. The summed E-state index contributed by atoms with van der Waals surface area (Å²) in [6.07, 6.45) is 2.41. The minimum atomic E-state index is 0.456. The molecule has 3 rings (SSSR count). The molecule has 1 N–H and O–H groups in total. The predicted octanol–water partition coefficient (Wildman–Crippen LogP) is 4.00. The lowest BCUT2D eigenvalue weighted by Crippen LogP contribution is -2.06. The van der Waals surface area contributed by atoms with Gasteiger partial charge in [-0.1, -0.05) is 23.7 Å². The van der Waals surface area contributed by atoms with E-state index < -0.39 is 0 Å². The van der Waals surface area contributed by atoms with Crippen LogP contribution in [0.1, 0.15) is 5.56 Å². The largest absolute Gasteiger partial charge is 0.370 e. The van der Waals surface area contributed by atoms with Crippen molar-refractivity contribution in [3.05, 3.63) is 52.8 Å². The molecule has 0 amide bonds. The normalized spacial score (nSPS) is 10.8. The number of anilines is 1. The molecule has 2 heterocycles. The van der Waals surface area contributed by atoms with E-state index in [1.165, 1.54) is 22.0 Å². The second-order valence-electron chi connectivity index (χ2n) is 4.20. The molecule has 2 aromatic heterocycles. The molecule has 0 aliphatic carbocycles. The van der Waals surface area contributed by atoms with E-state index in [2.05, 4.69) is 44.9 Å². The Balaban J connectivity index is 1.62. The highest BCUT2D eigenvalue weighted by atomic mass is 35.5. The summed E-state index contributed by atoms with van der Waals surface area (Å²) in [5.74, 6) is 0.761. The summed E-state index contributed by atoms with van der Waals surface area (Å²) in [6.45, 7) is 0.822. The second kappa shape index (κ2) is 5.55. The van der Waals surface area contributed by atoms with Gasteiger partial charge in [0.2, 0.25) is 0 Å². The van der Waals surface area contributed by atoms with Crippen LogP contribution in [-0.4, -0.2) is 16.5 Å². The topological polar surface area (TPSA) is 37.8 Å². The van der Waals surface area contributed by atoms with E-state index in [-0.39, 0.29) is 0 Å². The third kappa shape index (κ3) is 3.03. The molecule has 0 spiro atoms. The molecule has 0 fully saturated rings. The number of benzene rings is 1. The van der Waals surface area contributed by atoms with E-state index >= 15 is 0 Å². The fraction of sp³-hybridized carbons (Fsp3) is 0.143. The van der Waals surface area contributed by atoms with Gasteiger partial charge in [0.05, 0.1) is 0 Å². The fourth-order valence-corrected chi connectivity index (χ4v) is 2.85. The molecule has 19 heavy (non-hydrogen) atoms. The van der Waals surface area contributed by atoms with Gasteiger partial charge in [-0.25, -0.2) is 9.97 Å². The van der Waals surface area contributed by atoms with Gasteiger partial charge in [-0.05, 0) is 34.9 Å². The number of fused-ring (bicyclic) bond motifs is 1. The van der Waals surface area contributed by atoms with Gasteiger partial charge < -0.3 is 5.32 Å². The summed E-state index contributed by atoms with van der Waals surface area (Å²) in [5, 5.41) is 7.13. The van der Waals surface area contributed by atoms with Crippen LogP contribution in [0, 0.1) is 0 Å². The number of thiophene rings is 1. The molecule has 3 aromatic rings. The van der Waals surface area contributed by atoms with Crippen molar-refractivity contribution >= 4 is 38.8 Å². The van der Waals surface area contributed by atoms with Gasteiger partial charge in [-0.15, -0.1) is 11.3 Å². The van der Waals surface area contributed by atoms with E-state index in [0.717, 1.165) is 18.8 Å². The standard InChI is InChI=1S/C14H12ClN3S/c15-13-8-14(18-9-17-13)16-5-3-10-1-2-12-11(7-10)4-6-19-12/h1-2,4,6-9H,3,5H2,(H,16,17,18). The molecule has 0 radical (unpaired) electrons. The Morgan fingerprint density at radius 3 is 3.00 bits per heavy atom. The Kier molecular flexibility index (Phi) is 3.62. The van der Waals surface area contributed by atoms with E-state index in [9.17, 15) is 0 Å². The van der Waals surface area contributed by atoms with Gasteiger partial charge in [0.1, 0.15) is 17.3 Å². The number of nitrogens with zero attached hydrogens (tertiary/aromatic N) is 2. The highest BCUT2D eigenvalue weighted by molar-refractivity contribution is 7.17. The molecule has 0 saturated heterocycles. The fourth-order valence-electron chi connectivity index (χ4n) is 1.94. The predicted molar refractivity (Wildman–Crippen MR) is 81.1 cm³/mol. The van der Waals surface area contributed by atoms with Crippen molar-refractivity contribution in [3.63, 3.8) is 0 Å². The van der Waals surface area contributed by atoms with Crippen molar-refractivity contribution in [3.8, 4) is 0 Å². The van der Waals surface area contributed by atoms with Gasteiger partial charge in [-0.2, -0.15) is 0 Å². The molecule has 0 unspecified atom stereocenters. The van der Waals surface area contributed by atoms with E-state index in [1.54, 1.807) is 17.4 Å². The van der Waals surface area contributed by atoms with E-state index in [4.69, 9.17) is 11.6 Å². The maximum atomic E-state index is 5.80. The van der Waals surface area contributed by atoms with Crippen LogP contribution in [-0.2, 0) is 6.42 Å². The number of rotatable bonds is 4. The van der Waals surface area contributed by atoms with Crippen molar-refractivity contribution in [1.82, 2.24) is 9.97 Å². The molecule has 0 bridgehead atoms. The SMILES string of the molecule is Clc1cc(NCCc2ccc3sccc3c2)ncn1. The van der Waals surface area contributed by atoms with Crippen LogP contribution in [0.2, 0.25) is 5.15 Å². The van der Waals surface area contributed by atoms with Crippen LogP contribution in [0.15, 0.2) is 42.0 Å². The van der Waals surface area contributed by atoms with Crippen molar-refractivity contribution in [2.24, 2.45) is 0 Å². The molecule has 0 atom stereocenters. The molecule has 5 heteroatoms. The van der Waals surface area contributed by atoms with Crippen molar-refractivity contribution in [1.29, 1.82) is 0 Å². The highest BCUT2D eigenvalue weighted by Gasteiger charge is 1.99. The number of aromatic nitrogens is 2. The molecule has 0 aliphatic heterocycles. The molecule has 1 aromatic carbocycles. The zero-order valence-electron chi connectivity index (χ0n) is 10.1. The van der Waals surface area contributed by atoms with E-state index in [0.29, 0.717) is 5.15 Å². The van der Waals surface area contributed by atoms with Gasteiger partial charge in [-0.3, -0.25) is 0 Å². The van der Waals surface area contributed by atoms with Crippen molar-refractivity contribution in [2.75, 3.05) is 11.9 Å². The number of hydrogen-bond donors (Lipinski definition) is 1. The Morgan fingerprint density at radius 2 is 2.11 bits per heavy atom. The number of halogens is 1. The first-order valence-corrected chi connectivity index (χ1v) is 7.24. The first-order chi connectivity index (χ1) is 9.31. The van der Waals surface area contributed by atoms with Crippen molar-refractivity contribution in [2.45, 2.75) is 6.42 Å². The summed E-state index contributed by atoms with van der Waals surface area (Å²) >= 11 is 7.57. The quantitative estimate of drug-likeness (QED) is 0.738.